The number of hydrogen-bond donors (Lipinski definition) is 2. The second-order valence-electron chi connectivity index (χ2n) is 2.72. The van der Waals surface area contributed by atoms with Gasteiger partial charge in [0.2, 0.25) is 0 Å². The molecule has 7 heteroatoms. The zero-order valence-electron chi connectivity index (χ0n) is 7.52. The van der Waals surface area contributed by atoms with E-state index >= 15 is 0 Å². The van der Waals surface area contributed by atoms with Crippen molar-refractivity contribution in [2.24, 2.45) is 5.92 Å². The molecule has 0 saturated heterocycles. The maximum absolute atomic E-state index is 10.8. The molecule has 0 heterocycles. The normalized spacial score (nSPS) is 11.5. The van der Waals surface area contributed by atoms with Crippen LogP contribution >= 0.6 is 8.25 Å². The van der Waals surface area contributed by atoms with Crippen LogP contribution in [0, 0.1) is 5.92 Å². The molecule has 0 aliphatic rings. The lowest BCUT2D eigenvalue weighted by Crippen LogP contribution is -2.22. The van der Waals surface area contributed by atoms with Gasteiger partial charge < -0.3 is 0 Å². The molecule has 1 unspecified atom stereocenters. The minimum atomic E-state index is -2.27. The molecular formula is C6H13NO5P+. The van der Waals surface area contributed by atoms with Crippen molar-refractivity contribution in [3.8, 4) is 0 Å². The Hall–Kier alpha value is -0.550. The van der Waals surface area contributed by atoms with Crippen LogP contribution in [0.25, 0.3) is 0 Å². The van der Waals surface area contributed by atoms with Gasteiger partial charge in [-0.25, -0.2) is 5.48 Å². The summed E-state index contributed by atoms with van der Waals surface area (Å²) in [5.74, 6) is -0.522. The summed E-state index contributed by atoms with van der Waals surface area (Å²) in [5.41, 5.74) is 1.34. The Morgan fingerprint density at radius 2 is 2.15 bits per heavy atom. The summed E-state index contributed by atoms with van der Waals surface area (Å²) in [6, 6.07) is 0. The second-order valence-corrected chi connectivity index (χ2v) is 3.69. The lowest BCUT2D eigenvalue weighted by molar-refractivity contribution is -0.131. The molecule has 0 fully saturated rings. The van der Waals surface area contributed by atoms with Crippen molar-refractivity contribution in [1.82, 2.24) is 5.48 Å². The highest BCUT2D eigenvalue weighted by atomic mass is 31.1. The number of rotatable bonds is 6. The first-order chi connectivity index (χ1) is 6.06. The third-order valence-corrected chi connectivity index (χ3v) is 1.64. The van der Waals surface area contributed by atoms with E-state index in [-0.39, 0.29) is 5.92 Å². The van der Waals surface area contributed by atoms with Crippen molar-refractivity contribution >= 4 is 14.2 Å². The smallest absolute Gasteiger partial charge is 0.289 e. The highest BCUT2D eigenvalue weighted by Gasteiger charge is 2.22. The summed E-state index contributed by atoms with van der Waals surface area (Å²) in [6.45, 7) is 3.60. The Bertz CT molecular complexity index is 184. The number of hydrogen-bond acceptors (Lipinski definition) is 5. The quantitative estimate of drug-likeness (QED) is 0.385. The van der Waals surface area contributed by atoms with Crippen molar-refractivity contribution < 1.29 is 23.6 Å². The first-order valence-corrected chi connectivity index (χ1v) is 4.81. The van der Waals surface area contributed by atoms with Crippen LogP contribution in [0.15, 0.2) is 0 Å². The van der Waals surface area contributed by atoms with E-state index in [2.05, 4.69) is 4.52 Å². The standard InChI is InChI=1S/C6H12NO5P/c1-5(2)3-11-13(10)12-4-6(8)7-9/h5H,3-4H2,1-2H3,(H-,7,8,9)/p+1. The van der Waals surface area contributed by atoms with Crippen LogP contribution in [0.1, 0.15) is 13.8 Å². The molecule has 0 spiro atoms. The van der Waals surface area contributed by atoms with E-state index in [4.69, 9.17) is 9.73 Å². The van der Waals surface area contributed by atoms with Crippen LogP contribution in [0.2, 0.25) is 0 Å². The van der Waals surface area contributed by atoms with Crippen molar-refractivity contribution in [2.75, 3.05) is 13.2 Å². The third-order valence-electron chi connectivity index (χ3n) is 0.939. The largest absolute Gasteiger partial charge is 0.697 e. The number of nitrogens with one attached hydrogen (secondary N) is 1. The van der Waals surface area contributed by atoms with Gasteiger partial charge in [-0.3, -0.25) is 10.0 Å². The first kappa shape index (κ1) is 12.4. The lowest BCUT2D eigenvalue weighted by Gasteiger charge is -1.95. The maximum Gasteiger partial charge on any atom is 0.697 e. The third kappa shape index (κ3) is 7.80. The second kappa shape index (κ2) is 6.91. The molecule has 6 nitrogen and oxygen atoms in total. The monoisotopic (exact) mass is 210 g/mol. The van der Waals surface area contributed by atoms with E-state index in [0.29, 0.717) is 6.61 Å². The topological polar surface area (TPSA) is 84.9 Å². The molecule has 0 radical (unpaired) electrons. The van der Waals surface area contributed by atoms with Gasteiger partial charge in [0, 0.05) is 4.57 Å². The van der Waals surface area contributed by atoms with Crippen LogP contribution < -0.4 is 5.48 Å². The summed E-state index contributed by atoms with van der Waals surface area (Å²) in [4.78, 5) is 10.4. The van der Waals surface area contributed by atoms with E-state index in [1.807, 2.05) is 13.8 Å². The van der Waals surface area contributed by atoms with Gasteiger partial charge in [-0.05, 0) is 5.92 Å². The number of carbonyl (C=O) groups is 1. The van der Waals surface area contributed by atoms with Crippen LogP contribution in [-0.2, 0) is 18.4 Å². The van der Waals surface area contributed by atoms with E-state index < -0.39 is 20.8 Å². The Kier molecular flexibility index (Phi) is 6.62. The molecule has 0 saturated carbocycles. The molecular weight excluding hydrogens is 197 g/mol. The summed E-state index contributed by atoms with van der Waals surface area (Å²) >= 11 is 0. The number of carbonyl (C=O) groups excluding carboxylic acids is 1. The summed E-state index contributed by atoms with van der Waals surface area (Å²) in [6.07, 6.45) is 0. The Balaban J connectivity index is 3.46. The first-order valence-electron chi connectivity index (χ1n) is 3.72. The molecule has 0 rings (SSSR count). The van der Waals surface area contributed by atoms with E-state index in [1.54, 1.807) is 0 Å². The highest BCUT2D eigenvalue weighted by Crippen LogP contribution is 2.23. The average Bonchev–Trinajstić information content (AvgIpc) is 2.10. The van der Waals surface area contributed by atoms with E-state index in [1.165, 1.54) is 5.48 Å². The molecule has 0 aliphatic carbocycles. The molecule has 1 atom stereocenters. The van der Waals surface area contributed by atoms with Crippen molar-refractivity contribution in [3.63, 3.8) is 0 Å². The van der Waals surface area contributed by atoms with Crippen LogP contribution in [0.3, 0.4) is 0 Å². The molecule has 0 aromatic heterocycles. The summed E-state index contributed by atoms with van der Waals surface area (Å²) < 4.78 is 20.0. The molecule has 2 N–H and O–H groups in total. The fourth-order valence-corrected chi connectivity index (χ4v) is 1.11. The van der Waals surface area contributed by atoms with Gasteiger partial charge in [-0.2, -0.15) is 0 Å². The van der Waals surface area contributed by atoms with Gasteiger partial charge in [-0.1, -0.05) is 13.8 Å². The van der Waals surface area contributed by atoms with Crippen LogP contribution in [0.5, 0.6) is 0 Å². The van der Waals surface area contributed by atoms with Gasteiger partial charge in [0.1, 0.15) is 6.61 Å². The van der Waals surface area contributed by atoms with E-state index in [9.17, 15) is 9.36 Å². The summed E-state index contributed by atoms with van der Waals surface area (Å²) in [5, 5.41) is 8.05. The van der Waals surface area contributed by atoms with Gasteiger partial charge in [0.15, 0.2) is 6.61 Å². The zero-order valence-corrected chi connectivity index (χ0v) is 8.41. The molecule has 13 heavy (non-hydrogen) atoms. The summed E-state index contributed by atoms with van der Waals surface area (Å²) in [7, 11) is -2.27. The van der Waals surface area contributed by atoms with Crippen molar-refractivity contribution in [1.29, 1.82) is 0 Å². The Morgan fingerprint density at radius 3 is 2.62 bits per heavy atom. The number of hydroxylamine groups is 1. The van der Waals surface area contributed by atoms with Crippen LogP contribution in [-0.4, -0.2) is 24.3 Å². The molecule has 0 aromatic carbocycles. The minimum Gasteiger partial charge on any atom is -0.289 e. The zero-order chi connectivity index (χ0) is 10.3. The van der Waals surface area contributed by atoms with Crippen molar-refractivity contribution in [2.45, 2.75) is 13.8 Å². The molecule has 0 bridgehead atoms. The van der Waals surface area contributed by atoms with Gasteiger partial charge in [0.05, 0.1) is 0 Å². The predicted octanol–water partition coefficient (Wildman–Crippen LogP) is 0.838. The predicted molar refractivity (Wildman–Crippen MR) is 44.3 cm³/mol. The van der Waals surface area contributed by atoms with Gasteiger partial charge >= 0.3 is 8.25 Å². The molecule has 1 amide bonds. The number of amides is 1. The maximum atomic E-state index is 10.8. The SMILES string of the molecule is CC(C)CO[P+](=O)OCC(=O)NO. The molecule has 0 aliphatic heterocycles. The average molecular weight is 210 g/mol. The molecule has 0 aromatic rings. The van der Waals surface area contributed by atoms with E-state index in [0.717, 1.165) is 0 Å². The fourth-order valence-electron chi connectivity index (χ4n) is 0.391. The highest BCUT2D eigenvalue weighted by molar-refractivity contribution is 7.33. The van der Waals surface area contributed by atoms with Crippen molar-refractivity contribution in [3.05, 3.63) is 0 Å². The Labute approximate surface area is 77.1 Å². The molecule has 76 valence electrons. The van der Waals surface area contributed by atoms with Gasteiger partial charge in [0.25, 0.3) is 5.91 Å². The van der Waals surface area contributed by atoms with Crippen LogP contribution in [0.4, 0.5) is 0 Å². The fraction of sp³-hybridized carbons (Fsp3) is 0.833. The minimum absolute atomic E-state index is 0.245. The van der Waals surface area contributed by atoms with Gasteiger partial charge in [-0.15, -0.1) is 9.05 Å². The lowest BCUT2D eigenvalue weighted by atomic mass is 10.2. The Morgan fingerprint density at radius 1 is 1.54 bits per heavy atom.